The molecule has 0 aromatic heterocycles. The zero-order chi connectivity index (χ0) is 14.7. The van der Waals surface area contributed by atoms with Gasteiger partial charge in [0.2, 0.25) is 0 Å². The van der Waals surface area contributed by atoms with Gasteiger partial charge >= 0.3 is 0 Å². The number of hydrogen-bond acceptors (Lipinski definition) is 2. The molecule has 2 aromatic carbocycles. The Morgan fingerprint density at radius 2 is 1.95 bits per heavy atom. The smallest absolute Gasteiger partial charge is 0.128 e. The minimum Gasteiger partial charge on any atom is -0.377 e. The van der Waals surface area contributed by atoms with Crippen LogP contribution in [0.5, 0.6) is 0 Å². The summed E-state index contributed by atoms with van der Waals surface area (Å²) in [6.45, 7) is 1.70. The predicted molar refractivity (Wildman–Crippen MR) is 74.6 cm³/mol. The van der Waals surface area contributed by atoms with Crippen molar-refractivity contribution in [2.75, 3.05) is 5.32 Å². The third-order valence-electron chi connectivity index (χ3n) is 2.89. The lowest BCUT2D eigenvalue weighted by Crippen LogP contribution is -2.09. The van der Waals surface area contributed by atoms with E-state index in [4.69, 9.17) is 16.9 Å². The number of nitriles is 1. The molecule has 0 amide bonds. The highest BCUT2D eigenvalue weighted by atomic mass is 35.5. The molecule has 5 heteroatoms. The Bertz CT molecular complexity index is 680. The zero-order valence-electron chi connectivity index (χ0n) is 10.6. The molecule has 0 fully saturated rings. The molecule has 1 atom stereocenters. The van der Waals surface area contributed by atoms with Gasteiger partial charge in [-0.15, -0.1) is 0 Å². The number of rotatable bonds is 3. The summed E-state index contributed by atoms with van der Waals surface area (Å²) in [5.74, 6) is -0.989. The van der Waals surface area contributed by atoms with Crippen LogP contribution in [0.15, 0.2) is 36.4 Å². The molecule has 1 unspecified atom stereocenters. The molecule has 0 aliphatic rings. The second-order valence-electron chi connectivity index (χ2n) is 4.34. The maximum absolute atomic E-state index is 13.7. The summed E-state index contributed by atoms with van der Waals surface area (Å²) >= 11 is 6.03. The monoisotopic (exact) mass is 292 g/mol. The number of anilines is 1. The molecule has 0 spiro atoms. The van der Waals surface area contributed by atoms with Crippen LogP contribution in [0.1, 0.15) is 24.1 Å². The molecule has 0 aliphatic heterocycles. The highest BCUT2D eigenvalue weighted by Crippen LogP contribution is 2.28. The normalized spacial score (nSPS) is 11.8. The molecule has 102 valence electrons. The van der Waals surface area contributed by atoms with Crippen molar-refractivity contribution in [3.05, 3.63) is 64.2 Å². The molecule has 2 rings (SSSR count). The van der Waals surface area contributed by atoms with E-state index < -0.39 is 17.7 Å². The van der Waals surface area contributed by atoms with Crippen LogP contribution in [0.25, 0.3) is 0 Å². The van der Waals surface area contributed by atoms with Gasteiger partial charge in [0.1, 0.15) is 11.6 Å². The van der Waals surface area contributed by atoms with Gasteiger partial charge in [0.15, 0.2) is 0 Å². The fraction of sp³-hybridized carbons (Fsp3) is 0.133. The summed E-state index contributed by atoms with van der Waals surface area (Å²) in [7, 11) is 0. The third-order valence-corrected chi connectivity index (χ3v) is 3.21. The summed E-state index contributed by atoms with van der Waals surface area (Å²) in [5, 5.41) is 12.1. The first-order valence-electron chi connectivity index (χ1n) is 5.92. The van der Waals surface area contributed by atoms with Gasteiger partial charge in [-0.25, -0.2) is 8.78 Å². The Kier molecular flexibility index (Phi) is 4.21. The van der Waals surface area contributed by atoms with Crippen LogP contribution in [-0.4, -0.2) is 0 Å². The van der Waals surface area contributed by atoms with Crippen molar-refractivity contribution >= 4 is 17.3 Å². The fourth-order valence-corrected chi connectivity index (χ4v) is 2.09. The van der Waals surface area contributed by atoms with Crippen LogP contribution in [0.4, 0.5) is 14.5 Å². The number of halogens is 3. The van der Waals surface area contributed by atoms with Gasteiger partial charge < -0.3 is 5.32 Å². The second kappa shape index (κ2) is 5.89. The van der Waals surface area contributed by atoms with Crippen LogP contribution < -0.4 is 5.32 Å². The number of nitrogens with one attached hydrogen (secondary N) is 1. The Morgan fingerprint density at radius 1 is 1.20 bits per heavy atom. The lowest BCUT2D eigenvalue weighted by Gasteiger charge is -2.17. The van der Waals surface area contributed by atoms with Gasteiger partial charge in [0.25, 0.3) is 0 Å². The van der Waals surface area contributed by atoms with E-state index in [1.807, 2.05) is 6.07 Å². The molecule has 0 saturated heterocycles. The van der Waals surface area contributed by atoms with Gasteiger partial charge in [0.05, 0.1) is 28.4 Å². The van der Waals surface area contributed by atoms with Gasteiger partial charge in [-0.2, -0.15) is 5.26 Å². The number of hydrogen-bond donors (Lipinski definition) is 1. The maximum atomic E-state index is 13.7. The quantitative estimate of drug-likeness (QED) is 0.893. The molecule has 0 bridgehead atoms. The number of benzene rings is 2. The van der Waals surface area contributed by atoms with Crippen molar-refractivity contribution in [3.8, 4) is 6.07 Å². The Balaban J connectivity index is 2.26. The highest BCUT2D eigenvalue weighted by Gasteiger charge is 2.13. The summed E-state index contributed by atoms with van der Waals surface area (Å²) in [4.78, 5) is 0. The lowest BCUT2D eigenvalue weighted by atomic mass is 10.1. The molecule has 0 saturated carbocycles. The standard InChI is InChI=1S/C15H11ClF2N2/c1-9(12-7-11(17)3-4-14(12)18)20-15-5-2-10(8-19)6-13(15)16/h2-7,9,20H,1H3. The van der Waals surface area contributed by atoms with Gasteiger partial charge in [-0.3, -0.25) is 0 Å². The molecule has 20 heavy (non-hydrogen) atoms. The minimum atomic E-state index is -0.499. The first-order valence-corrected chi connectivity index (χ1v) is 6.30. The topological polar surface area (TPSA) is 35.8 Å². The SMILES string of the molecule is CC(Nc1ccc(C#N)cc1Cl)c1cc(F)ccc1F. The molecule has 1 N–H and O–H groups in total. The van der Waals surface area contributed by atoms with Gasteiger partial charge in [-0.05, 0) is 43.3 Å². The molecular formula is C15H11ClF2N2. The van der Waals surface area contributed by atoms with E-state index in [0.717, 1.165) is 18.2 Å². The second-order valence-corrected chi connectivity index (χ2v) is 4.75. The van der Waals surface area contributed by atoms with Crippen LogP contribution in [0, 0.1) is 23.0 Å². The van der Waals surface area contributed by atoms with Crippen molar-refractivity contribution in [1.82, 2.24) is 0 Å². The third kappa shape index (κ3) is 3.06. The summed E-state index contributed by atoms with van der Waals surface area (Å²) in [5.41, 5.74) is 1.21. The first-order chi connectivity index (χ1) is 9.51. The Hall–Kier alpha value is -2.12. The van der Waals surface area contributed by atoms with E-state index in [9.17, 15) is 8.78 Å². The van der Waals surface area contributed by atoms with Crippen LogP contribution in [0.3, 0.4) is 0 Å². The predicted octanol–water partition coefficient (Wildman–Crippen LogP) is 4.66. The molecule has 2 aromatic rings. The van der Waals surface area contributed by atoms with Crippen molar-refractivity contribution in [2.45, 2.75) is 13.0 Å². The zero-order valence-corrected chi connectivity index (χ0v) is 11.4. The molecule has 2 nitrogen and oxygen atoms in total. The average Bonchev–Trinajstić information content (AvgIpc) is 2.43. The molecule has 0 radical (unpaired) electrons. The highest BCUT2D eigenvalue weighted by molar-refractivity contribution is 6.33. The molecular weight excluding hydrogens is 282 g/mol. The lowest BCUT2D eigenvalue weighted by molar-refractivity contribution is 0.577. The van der Waals surface area contributed by atoms with E-state index >= 15 is 0 Å². The first kappa shape index (κ1) is 14.3. The molecule has 0 heterocycles. The van der Waals surface area contributed by atoms with E-state index in [1.165, 1.54) is 6.07 Å². The van der Waals surface area contributed by atoms with E-state index in [-0.39, 0.29) is 5.56 Å². The van der Waals surface area contributed by atoms with Gasteiger partial charge in [0, 0.05) is 5.56 Å². The average molecular weight is 293 g/mol. The fourth-order valence-electron chi connectivity index (χ4n) is 1.86. The van der Waals surface area contributed by atoms with Crippen molar-refractivity contribution in [3.63, 3.8) is 0 Å². The van der Waals surface area contributed by atoms with Crippen molar-refractivity contribution in [1.29, 1.82) is 5.26 Å². The van der Waals surface area contributed by atoms with Crippen LogP contribution >= 0.6 is 11.6 Å². The summed E-state index contributed by atoms with van der Waals surface area (Å²) < 4.78 is 26.8. The minimum absolute atomic E-state index is 0.213. The largest absolute Gasteiger partial charge is 0.377 e. The van der Waals surface area contributed by atoms with Gasteiger partial charge in [-0.1, -0.05) is 11.6 Å². The molecule has 0 aliphatic carbocycles. The van der Waals surface area contributed by atoms with Crippen LogP contribution in [0.2, 0.25) is 5.02 Å². The summed E-state index contributed by atoms with van der Waals surface area (Å²) in [6.07, 6.45) is 0. The Morgan fingerprint density at radius 3 is 2.60 bits per heavy atom. The maximum Gasteiger partial charge on any atom is 0.128 e. The van der Waals surface area contributed by atoms with E-state index in [2.05, 4.69) is 5.32 Å². The van der Waals surface area contributed by atoms with Crippen molar-refractivity contribution in [2.24, 2.45) is 0 Å². The van der Waals surface area contributed by atoms with E-state index in [0.29, 0.717) is 16.3 Å². The van der Waals surface area contributed by atoms with E-state index in [1.54, 1.807) is 19.1 Å². The van der Waals surface area contributed by atoms with Crippen molar-refractivity contribution < 1.29 is 8.78 Å². The Labute approximate surface area is 120 Å². The van der Waals surface area contributed by atoms with Crippen LogP contribution in [-0.2, 0) is 0 Å². The summed E-state index contributed by atoms with van der Waals surface area (Å²) in [6, 6.07) is 9.56. The number of nitrogens with zero attached hydrogens (tertiary/aromatic N) is 1.